The van der Waals surface area contributed by atoms with Gasteiger partial charge in [0.1, 0.15) is 0 Å². The van der Waals surface area contributed by atoms with E-state index in [0.717, 1.165) is 19.4 Å². The molecule has 1 rings (SSSR count). The van der Waals surface area contributed by atoms with Gasteiger partial charge in [0.25, 0.3) is 0 Å². The molecule has 1 fully saturated rings. The number of nitrogens with one attached hydrogen (secondary N) is 1. The maximum Gasteiger partial charge on any atom is 0.312 e. The van der Waals surface area contributed by atoms with E-state index in [4.69, 9.17) is 5.73 Å². The maximum absolute atomic E-state index is 10.6. The topological polar surface area (TPSA) is 58.4 Å². The van der Waals surface area contributed by atoms with Gasteiger partial charge < -0.3 is 16.0 Å². The highest BCUT2D eigenvalue weighted by Gasteiger charge is 2.25. The Bertz CT molecular complexity index is 172. The molecule has 0 aromatic carbocycles. The van der Waals surface area contributed by atoms with Crippen LogP contribution < -0.4 is 11.1 Å². The zero-order valence-electron chi connectivity index (χ0n) is 7.71. The fourth-order valence-electron chi connectivity index (χ4n) is 1.69. The van der Waals surface area contributed by atoms with Gasteiger partial charge in [-0.15, -0.1) is 0 Å². The Kier molecular flexibility index (Phi) is 2.92. The van der Waals surface area contributed by atoms with Crippen molar-refractivity contribution in [2.45, 2.75) is 31.8 Å². The third kappa shape index (κ3) is 2.11. The average molecular weight is 171 g/mol. The molecule has 1 aliphatic rings. The SMILES string of the molecule is CC1C(NC(N)=O)CCCN1C. The molecule has 0 bridgehead atoms. The molecule has 0 aromatic heterocycles. The summed E-state index contributed by atoms with van der Waals surface area (Å²) in [6.07, 6.45) is 2.17. The molecule has 0 aliphatic carbocycles. The minimum Gasteiger partial charge on any atom is -0.352 e. The third-order valence-electron chi connectivity index (χ3n) is 2.63. The first-order chi connectivity index (χ1) is 5.61. The molecular weight excluding hydrogens is 154 g/mol. The fraction of sp³-hybridized carbons (Fsp3) is 0.875. The lowest BCUT2D eigenvalue weighted by Gasteiger charge is -2.36. The summed E-state index contributed by atoms with van der Waals surface area (Å²) < 4.78 is 0. The highest BCUT2D eigenvalue weighted by molar-refractivity contribution is 5.72. The number of nitrogens with zero attached hydrogens (tertiary/aromatic N) is 1. The molecule has 0 aromatic rings. The highest BCUT2D eigenvalue weighted by Crippen LogP contribution is 2.14. The molecule has 3 N–H and O–H groups in total. The number of hydrogen-bond donors (Lipinski definition) is 2. The van der Waals surface area contributed by atoms with Gasteiger partial charge in [-0.05, 0) is 33.4 Å². The standard InChI is InChI=1S/C8H17N3O/c1-6-7(10-8(9)12)4-3-5-11(6)2/h6-7H,3-5H2,1-2H3,(H3,9,10,12). The Morgan fingerprint density at radius 3 is 2.92 bits per heavy atom. The zero-order valence-corrected chi connectivity index (χ0v) is 7.71. The van der Waals surface area contributed by atoms with Crippen molar-refractivity contribution in [2.24, 2.45) is 5.73 Å². The van der Waals surface area contributed by atoms with Crippen LogP contribution in [0.2, 0.25) is 0 Å². The molecule has 0 spiro atoms. The van der Waals surface area contributed by atoms with Crippen LogP contribution in [0.3, 0.4) is 0 Å². The van der Waals surface area contributed by atoms with Crippen LogP contribution in [0.25, 0.3) is 0 Å². The summed E-state index contributed by atoms with van der Waals surface area (Å²) in [5.41, 5.74) is 5.06. The molecule has 70 valence electrons. The number of likely N-dealkylation sites (N-methyl/N-ethyl adjacent to an activating group) is 1. The van der Waals surface area contributed by atoms with Gasteiger partial charge in [-0.3, -0.25) is 0 Å². The number of urea groups is 1. The van der Waals surface area contributed by atoms with Crippen molar-refractivity contribution >= 4 is 6.03 Å². The van der Waals surface area contributed by atoms with E-state index in [-0.39, 0.29) is 6.04 Å². The second-order valence-corrected chi connectivity index (χ2v) is 3.48. The molecule has 12 heavy (non-hydrogen) atoms. The van der Waals surface area contributed by atoms with Gasteiger partial charge >= 0.3 is 6.03 Å². The lowest BCUT2D eigenvalue weighted by atomic mass is 9.98. The smallest absolute Gasteiger partial charge is 0.312 e. The Balaban J connectivity index is 2.46. The van der Waals surface area contributed by atoms with Crippen LogP contribution in [0, 0.1) is 0 Å². The van der Waals surface area contributed by atoms with Crippen molar-refractivity contribution < 1.29 is 4.79 Å². The molecule has 1 aliphatic heterocycles. The van der Waals surface area contributed by atoms with Crippen LogP contribution in [0.4, 0.5) is 4.79 Å². The average Bonchev–Trinajstić information content (AvgIpc) is 1.98. The van der Waals surface area contributed by atoms with Crippen LogP contribution in [0.1, 0.15) is 19.8 Å². The number of hydrogen-bond acceptors (Lipinski definition) is 2. The molecule has 4 nitrogen and oxygen atoms in total. The summed E-state index contributed by atoms with van der Waals surface area (Å²) >= 11 is 0. The zero-order chi connectivity index (χ0) is 9.14. The monoisotopic (exact) mass is 171 g/mol. The summed E-state index contributed by atoms with van der Waals surface area (Å²) in [5, 5.41) is 2.76. The fourth-order valence-corrected chi connectivity index (χ4v) is 1.69. The normalized spacial score (nSPS) is 31.5. The third-order valence-corrected chi connectivity index (χ3v) is 2.63. The number of amides is 2. The lowest BCUT2D eigenvalue weighted by Crippen LogP contribution is -2.53. The van der Waals surface area contributed by atoms with Crippen LogP contribution in [0.5, 0.6) is 0 Å². The van der Waals surface area contributed by atoms with Crippen LogP contribution in [-0.2, 0) is 0 Å². The number of carbonyl (C=O) groups excluding carboxylic acids is 1. The Hall–Kier alpha value is -0.770. The molecular formula is C8H17N3O. The first kappa shape index (κ1) is 9.32. The molecule has 2 atom stereocenters. The summed E-state index contributed by atoms with van der Waals surface area (Å²) in [6, 6.07) is 0.203. The van der Waals surface area contributed by atoms with E-state index >= 15 is 0 Å². The van der Waals surface area contributed by atoms with E-state index in [2.05, 4.69) is 24.2 Å². The number of primary amides is 1. The minimum atomic E-state index is -0.415. The molecule has 1 heterocycles. The van der Waals surface area contributed by atoms with Crippen LogP contribution in [0.15, 0.2) is 0 Å². The van der Waals surface area contributed by atoms with Gasteiger partial charge in [-0.1, -0.05) is 0 Å². The molecule has 4 heteroatoms. The van der Waals surface area contributed by atoms with Crippen LogP contribution in [-0.4, -0.2) is 36.6 Å². The predicted molar refractivity (Wildman–Crippen MR) is 47.8 cm³/mol. The van der Waals surface area contributed by atoms with Gasteiger partial charge in [0.2, 0.25) is 0 Å². The van der Waals surface area contributed by atoms with Crippen molar-refractivity contribution in [1.29, 1.82) is 0 Å². The van der Waals surface area contributed by atoms with Crippen molar-refractivity contribution in [3.63, 3.8) is 0 Å². The van der Waals surface area contributed by atoms with E-state index in [1.54, 1.807) is 0 Å². The van der Waals surface area contributed by atoms with E-state index in [0.29, 0.717) is 6.04 Å². The van der Waals surface area contributed by atoms with E-state index in [1.165, 1.54) is 0 Å². The Labute approximate surface area is 73.1 Å². The lowest BCUT2D eigenvalue weighted by molar-refractivity contribution is 0.157. The van der Waals surface area contributed by atoms with Gasteiger partial charge in [-0.2, -0.15) is 0 Å². The molecule has 2 unspecified atom stereocenters. The summed E-state index contributed by atoms with van der Waals surface area (Å²) in [6.45, 7) is 3.22. The van der Waals surface area contributed by atoms with Gasteiger partial charge in [0.05, 0.1) is 0 Å². The second-order valence-electron chi connectivity index (χ2n) is 3.48. The van der Waals surface area contributed by atoms with Crippen molar-refractivity contribution in [1.82, 2.24) is 10.2 Å². The van der Waals surface area contributed by atoms with Crippen LogP contribution >= 0.6 is 0 Å². The van der Waals surface area contributed by atoms with E-state index < -0.39 is 6.03 Å². The van der Waals surface area contributed by atoms with Gasteiger partial charge in [-0.25, -0.2) is 4.79 Å². The Morgan fingerprint density at radius 2 is 2.33 bits per heavy atom. The number of piperidine rings is 1. The molecule has 0 radical (unpaired) electrons. The van der Waals surface area contributed by atoms with Gasteiger partial charge in [0.15, 0.2) is 0 Å². The number of likely N-dealkylation sites (tertiary alicyclic amines) is 1. The van der Waals surface area contributed by atoms with Gasteiger partial charge in [0, 0.05) is 12.1 Å². The summed E-state index contributed by atoms with van der Waals surface area (Å²) in [7, 11) is 2.07. The van der Waals surface area contributed by atoms with E-state index in [9.17, 15) is 4.79 Å². The number of carbonyl (C=O) groups is 1. The predicted octanol–water partition coefficient (Wildman–Crippen LogP) is 0.137. The quantitative estimate of drug-likeness (QED) is 0.589. The second kappa shape index (κ2) is 3.76. The minimum absolute atomic E-state index is 0.223. The summed E-state index contributed by atoms with van der Waals surface area (Å²) in [4.78, 5) is 12.9. The largest absolute Gasteiger partial charge is 0.352 e. The first-order valence-electron chi connectivity index (χ1n) is 4.37. The highest BCUT2D eigenvalue weighted by atomic mass is 16.2. The molecule has 1 saturated heterocycles. The van der Waals surface area contributed by atoms with Crippen molar-refractivity contribution in [3.8, 4) is 0 Å². The van der Waals surface area contributed by atoms with E-state index in [1.807, 2.05) is 0 Å². The number of rotatable bonds is 1. The molecule has 0 saturated carbocycles. The van der Waals surface area contributed by atoms with Crippen molar-refractivity contribution in [3.05, 3.63) is 0 Å². The first-order valence-corrected chi connectivity index (χ1v) is 4.37. The maximum atomic E-state index is 10.6. The molecule has 2 amide bonds. The summed E-state index contributed by atoms with van der Waals surface area (Å²) in [5.74, 6) is 0. The number of nitrogens with two attached hydrogens (primary N) is 1. The van der Waals surface area contributed by atoms with Crippen molar-refractivity contribution in [2.75, 3.05) is 13.6 Å². The Morgan fingerprint density at radius 1 is 1.67 bits per heavy atom.